The molecule has 4 heteroatoms. The van der Waals surface area contributed by atoms with Crippen molar-refractivity contribution in [2.75, 3.05) is 0 Å². The quantitative estimate of drug-likeness (QED) is 0.835. The van der Waals surface area contributed by atoms with Crippen LogP contribution in [0.15, 0.2) is 81.9 Å². The Morgan fingerprint density at radius 3 is 2.64 bits per heavy atom. The summed E-state index contributed by atoms with van der Waals surface area (Å²) in [7, 11) is 0. The van der Waals surface area contributed by atoms with Gasteiger partial charge in [-0.2, -0.15) is 0 Å². The number of halogens is 1. The first-order valence-corrected chi connectivity index (χ1v) is 7.61. The van der Waals surface area contributed by atoms with Crippen LogP contribution in [0.2, 0.25) is 0 Å². The van der Waals surface area contributed by atoms with Crippen molar-refractivity contribution in [2.24, 2.45) is 4.99 Å². The smallest absolute Gasteiger partial charge is 0.275 e. The number of carbonyl (C=O) groups excluding carboxylic acids is 1. The zero-order valence-electron chi connectivity index (χ0n) is 11.7. The van der Waals surface area contributed by atoms with E-state index in [-0.39, 0.29) is 5.91 Å². The van der Waals surface area contributed by atoms with Crippen LogP contribution in [0.1, 0.15) is 11.1 Å². The van der Waals surface area contributed by atoms with Crippen molar-refractivity contribution in [3.8, 4) is 0 Å². The molecule has 1 heterocycles. The lowest BCUT2D eigenvalue weighted by molar-refractivity contribution is -0.115. The minimum absolute atomic E-state index is 0.187. The van der Waals surface area contributed by atoms with Crippen LogP contribution in [0.25, 0.3) is 6.08 Å². The normalized spacial score (nSPS) is 16.1. The average Bonchev–Trinajstić information content (AvgIpc) is 2.90. The molecule has 0 aromatic heterocycles. The first kappa shape index (κ1) is 14.5. The standard InChI is InChI=1S/C18H13BrN2O/c19-15-10-5-9-14(12-15)17-20-16(18(22)21-17)11-4-8-13-6-2-1-3-7-13/h1-12H,(H,20,21,22)/b8-4+,16-11-. The summed E-state index contributed by atoms with van der Waals surface area (Å²) in [6.07, 6.45) is 5.48. The highest BCUT2D eigenvalue weighted by Crippen LogP contribution is 2.16. The van der Waals surface area contributed by atoms with Crippen LogP contribution in [0.5, 0.6) is 0 Å². The minimum atomic E-state index is -0.187. The molecule has 1 N–H and O–H groups in total. The van der Waals surface area contributed by atoms with E-state index in [1.165, 1.54) is 0 Å². The van der Waals surface area contributed by atoms with Gasteiger partial charge in [-0.25, -0.2) is 4.99 Å². The second kappa shape index (κ2) is 6.54. The van der Waals surface area contributed by atoms with Gasteiger partial charge in [0.2, 0.25) is 0 Å². The SMILES string of the molecule is O=C1NC(c2cccc(Br)c2)=N/C1=C\C=C\c1ccccc1. The molecule has 3 nitrogen and oxygen atoms in total. The molecule has 0 unspecified atom stereocenters. The monoisotopic (exact) mass is 352 g/mol. The molecule has 1 aliphatic rings. The molecule has 2 aromatic rings. The number of hydrogen-bond donors (Lipinski definition) is 1. The molecule has 1 amide bonds. The number of allylic oxidation sites excluding steroid dienone is 2. The molecule has 0 atom stereocenters. The Hall–Kier alpha value is -2.46. The molecule has 0 fully saturated rings. The Kier molecular flexibility index (Phi) is 4.30. The van der Waals surface area contributed by atoms with E-state index in [0.29, 0.717) is 11.5 Å². The van der Waals surface area contributed by atoms with Crippen LogP contribution in [-0.2, 0) is 4.79 Å². The molecule has 2 aromatic carbocycles. The van der Waals surface area contributed by atoms with E-state index < -0.39 is 0 Å². The zero-order chi connectivity index (χ0) is 15.4. The van der Waals surface area contributed by atoms with Crippen molar-refractivity contribution < 1.29 is 4.79 Å². The fraction of sp³-hybridized carbons (Fsp3) is 0. The van der Waals surface area contributed by atoms with Crippen LogP contribution in [-0.4, -0.2) is 11.7 Å². The van der Waals surface area contributed by atoms with Gasteiger partial charge in [-0.3, -0.25) is 4.79 Å². The van der Waals surface area contributed by atoms with Crippen LogP contribution >= 0.6 is 15.9 Å². The van der Waals surface area contributed by atoms with E-state index in [1.54, 1.807) is 6.08 Å². The summed E-state index contributed by atoms with van der Waals surface area (Å²) in [4.78, 5) is 16.3. The molecule has 1 aliphatic heterocycles. The van der Waals surface area contributed by atoms with Gasteiger partial charge in [-0.1, -0.05) is 70.5 Å². The summed E-state index contributed by atoms with van der Waals surface area (Å²) >= 11 is 3.41. The number of carbonyl (C=O) groups is 1. The molecule has 0 aliphatic carbocycles. The van der Waals surface area contributed by atoms with E-state index in [1.807, 2.05) is 66.7 Å². The van der Waals surface area contributed by atoms with E-state index in [0.717, 1.165) is 15.6 Å². The molecule has 0 radical (unpaired) electrons. The van der Waals surface area contributed by atoms with Gasteiger partial charge < -0.3 is 5.32 Å². The van der Waals surface area contributed by atoms with E-state index >= 15 is 0 Å². The third-order valence-corrected chi connectivity index (χ3v) is 3.63. The number of amidine groups is 1. The maximum absolute atomic E-state index is 11.9. The van der Waals surface area contributed by atoms with Gasteiger partial charge in [0.25, 0.3) is 5.91 Å². The Balaban J connectivity index is 1.81. The number of amides is 1. The lowest BCUT2D eigenvalue weighted by Gasteiger charge is -2.00. The molecule has 0 bridgehead atoms. The number of rotatable bonds is 3. The summed E-state index contributed by atoms with van der Waals surface area (Å²) < 4.78 is 0.948. The number of benzene rings is 2. The van der Waals surface area contributed by atoms with Gasteiger partial charge in [0, 0.05) is 10.0 Å². The summed E-state index contributed by atoms with van der Waals surface area (Å²) in [6.45, 7) is 0. The van der Waals surface area contributed by atoms with Crippen molar-refractivity contribution in [1.82, 2.24) is 5.32 Å². The van der Waals surface area contributed by atoms with Gasteiger partial charge in [0.1, 0.15) is 11.5 Å². The van der Waals surface area contributed by atoms with Crippen LogP contribution in [0.3, 0.4) is 0 Å². The van der Waals surface area contributed by atoms with Gasteiger partial charge in [0.15, 0.2) is 0 Å². The number of nitrogens with one attached hydrogen (secondary N) is 1. The predicted octanol–water partition coefficient (Wildman–Crippen LogP) is 3.92. The second-order valence-corrected chi connectivity index (χ2v) is 5.66. The minimum Gasteiger partial charge on any atom is -0.305 e. The van der Waals surface area contributed by atoms with Crippen molar-refractivity contribution in [3.63, 3.8) is 0 Å². The zero-order valence-corrected chi connectivity index (χ0v) is 13.2. The first-order chi connectivity index (χ1) is 10.7. The molecule has 3 rings (SSSR count). The Morgan fingerprint density at radius 1 is 1.05 bits per heavy atom. The molecular formula is C18H13BrN2O. The molecule has 0 saturated heterocycles. The van der Waals surface area contributed by atoms with Crippen LogP contribution in [0.4, 0.5) is 0 Å². The van der Waals surface area contributed by atoms with Gasteiger partial charge in [-0.05, 0) is 23.8 Å². The highest BCUT2D eigenvalue weighted by Gasteiger charge is 2.20. The van der Waals surface area contributed by atoms with Crippen molar-refractivity contribution in [3.05, 3.63) is 88.0 Å². The van der Waals surface area contributed by atoms with Crippen molar-refractivity contribution >= 4 is 33.7 Å². The number of aliphatic imine (C=N–C) groups is 1. The van der Waals surface area contributed by atoms with Gasteiger partial charge in [-0.15, -0.1) is 0 Å². The maximum Gasteiger partial charge on any atom is 0.275 e. The molecular weight excluding hydrogens is 340 g/mol. The average molecular weight is 353 g/mol. The second-order valence-electron chi connectivity index (χ2n) is 4.75. The van der Waals surface area contributed by atoms with E-state index in [4.69, 9.17) is 0 Å². The largest absolute Gasteiger partial charge is 0.305 e. The topological polar surface area (TPSA) is 41.5 Å². The maximum atomic E-state index is 11.9. The van der Waals surface area contributed by atoms with Gasteiger partial charge >= 0.3 is 0 Å². The fourth-order valence-electron chi connectivity index (χ4n) is 2.07. The number of nitrogens with zero attached hydrogens (tertiary/aromatic N) is 1. The summed E-state index contributed by atoms with van der Waals surface area (Å²) in [5.74, 6) is 0.387. The van der Waals surface area contributed by atoms with Crippen molar-refractivity contribution in [2.45, 2.75) is 0 Å². The first-order valence-electron chi connectivity index (χ1n) is 6.82. The Labute approximate surface area is 137 Å². The third kappa shape index (κ3) is 3.40. The van der Waals surface area contributed by atoms with Crippen LogP contribution in [0, 0.1) is 0 Å². The lowest BCUT2D eigenvalue weighted by atomic mass is 10.2. The van der Waals surface area contributed by atoms with E-state index in [2.05, 4.69) is 26.2 Å². The Bertz CT molecular complexity index is 792. The van der Waals surface area contributed by atoms with Crippen molar-refractivity contribution in [1.29, 1.82) is 0 Å². The molecule has 0 saturated carbocycles. The summed E-state index contributed by atoms with van der Waals surface area (Å²) in [6, 6.07) is 17.6. The third-order valence-electron chi connectivity index (χ3n) is 3.14. The molecule has 0 spiro atoms. The molecule has 22 heavy (non-hydrogen) atoms. The highest BCUT2D eigenvalue weighted by molar-refractivity contribution is 9.10. The summed E-state index contributed by atoms with van der Waals surface area (Å²) in [5, 5.41) is 2.78. The van der Waals surface area contributed by atoms with Gasteiger partial charge in [0.05, 0.1) is 0 Å². The summed E-state index contributed by atoms with van der Waals surface area (Å²) in [5.41, 5.74) is 2.36. The lowest BCUT2D eigenvalue weighted by Crippen LogP contribution is -2.24. The van der Waals surface area contributed by atoms with Crippen LogP contribution < -0.4 is 5.32 Å². The predicted molar refractivity (Wildman–Crippen MR) is 92.4 cm³/mol. The van der Waals surface area contributed by atoms with E-state index in [9.17, 15) is 4.79 Å². The molecule has 108 valence electrons. The highest BCUT2D eigenvalue weighted by atomic mass is 79.9. The fourth-order valence-corrected chi connectivity index (χ4v) is 2.47. The number of hydrogen-bond acceptors (Lipinski definition) is 2. The Morgan fingerprint density at radius 2 is 1.86 bits per heavy atom.